The minimum Gasteiger partial charge on any atom is -0.481 e. The van der Waals surface area contributed by atoms with E-state index in [0.717, 1.165) is 6.42 Å². The number of carboxylic acid groups (broad SMARTS) is 1. The summed E-state index contributed by atoms with van der Waals surface area (Å²) in [6.45, 7) is 5.39. The average Bonchev–Trinajstić information content (AvgIpc) is 2.60. The number of aliphatic carboxylic acids is 1. The number of carbonyl (C=O) groups is 2. The van der Waals surface area contributed by atoms with E-state index >= 15 is 0 Å². The molecule has 1 N–H and O–H groups in total. The zero-order chi connectivity index (χ0) is 12.0. The fraction of sp³-hybridized carbons (Fsp3) is 0.636. The molecule has 5 heteroatoms. The van der Waals surface area contributed by atoms with E-state index in [9.17, 15) is 9.59 Å². The molecule has 0 spiro atoms. The number of rotatable bonds is 7. The van der Waals surface area contributed by atoms with Crippen LogP contribution in [0.5, 0.6) is 0 Å². The Kier molecular flexibility index (Phi) is 4.98. The van der Waals surface area contributed by atoms with Crippen molar-refractivity contribution in [2.45, 2.75) is 12.8 Å². The fourth-order valence-electron chi connectivity index (χ4n) is 1.60. The highest BCUT2D eigenvalue weighted by atomic mass is 16.5. The molecular weight excluding hydrogens is 210 g/mol. The standard InChI is InChI=1S/C11H17NO4/c1-2-3-5-16-6-4-12-8-9(11(14)15)7-10(12)13/h2,9H,1,3-8H2,(H,14,15). The molecule has 0 aromatic heterocycles. The van der Waals surface area contributed by atoms with Crippen molar-refractivity contribution in [3.05, 3.63) is 12.7 Å². The monoisotopic (exact) mass is 227 g/mol. The van der Waals surface area contributed by atoms with Crippen LogP contribution >= 0.6 is 0 Å². The van der Waals surface area contributed by atoms with Gasteiger partial charge in [0.15, 0.2) is 0 Å². The summed E-state index contributed by atoms with van der Waals surface area (Å²) in [5.74, 6) is -1.55. The van der Waals surface area contributed by atoms with E-state index in [-0.39, 0.29) is 12.3 Å². The summed E-state index contributed by atoms with van der Waals surface area (Å²) in [6.07, 6.45) is 2.66. The number of hydrogen-bond donors (Lipinski definition) is 1. The van der Waals surface area contributed by atoms with Crippen molar-refractivity contribution in [3.63, 3.8) is 0 Å². The number of nitrogens with zero attached hydrogens (tertiary/aromatic N) is 1. The maximum absolute atomic E-state index is 11.4. The molecule has 1 atom stereocenters. The molecular formula is C11H17NO4. The van der Waals surface area contributed by atoms with Crippen LogP contribution in [0.25, 0.3) is 0 Å². The third kappa shape index (κ3) is 3.66. The highest BCUT2D eigenvalue weighted by Gasteiger charge is 2.33. The van der Waals surface area contributed by atoms with Crippen LogP contribution in [0.2, 0.25) is 0 Å². The van der Waals surface area contributed by atoms with Crippen molar-refractivity contribution in [2.75, 3.05) is 26.3 Å². The Hall–Kier alpha value is -1.36. The fourth-order valence-corrected chi connectivity index (χ4v) is 1.60. The first-order valence-electron chi connectivity index (χ1n) is 5.34. The Balaban J connectivity index is 2.20. The molecule has 1 saturated heterocycles. The second kappa shape index (κ2) is 6.27. The van der Waals surface area contributed by atoms with Crippen LogP contribution in [0.1, 0.15) is 12.8 Å². The molecule has 0 saturated carbocycles. The van der Waals surface area contributed by atoms with Gasteiger partial charge in [-0.3, -0.25) is 9.59 Å². The smallest absolute Gasteiger partial charge is 0.308 e. The summed E-state index contributed by atoms with van der Waals surface area (Å²) in [5, 5.41) is 8.77. The minimum absolute atomic E-state index is 0.0975. The maximum atomic E-state index is 11.4. The zero-order valence-electron chi connectivity index (χ0n) is 9.22. The number of ether oxygens (including phenoxy) is 1. The van der Waals surface area contributed by atoms with Crippen LogP contribution < -0.4 is 0 Å². The lowest BCUT2D eigenvalue weighted by atomic mass is 10.1. The molecule has 0 radical (unpaired) electrons. The number of amides is 1. The van der Waals surface area contributed by atoms with Crippen LogP contribution in [0.15, 0.2) is 12.7 Å². The van der Waals surface area contributed by atoms with Crippen LogP contribution in [-0.2, 0) is 14.3 Å². The Morgan fingerprint density at radius 3 is 2.94 bits per heavy atom. The van der Waals surface area contributed by atoms with Gasteiger partial charge < -0.3 is 14.7 Å². The first kappa shape index (κ1) is 12.7. The lowest BCUT2D eigenvalue weighted by molar-refractivity contribution is -0.141. The molecule has 0 aromatic carbocycles. The van der Waals surface area contributed by atoms with Gasteiger partial charge in [-0.05, 0) is 6.42 Å². The summed E-state index contributed by atoms with van der Waals surface area (Å²) in [6, 6.07) is 0. The van der Waals surface area contributed by atoms with Crippen molar-refractivity contribution in [1.29, 1.82) is 0 Å². The molecule has 1 unspecified atom stereocenters. The van der Waals surface area contributed by atoms with Crippen LogP contribution in [0, 0.1) is 5.92 Å². The third-order valence-corrected chi connectivity index (χ3v) is 2.54. The van der Waals surface area contributed by atoms with Gasteiger partial charge in [-0.2, -0.15) is 0 Å². The lowest BCUT2D eigenvalue weighted by Gasteiger charge is -2.15. The molecule has 16 heavy (non-hydrogen) atoms. The summed E-state index contributed by atoms with van der Waals surface area (Å²) in [7, 11) is 0. The number of hydrogen-bond acceptors (Lipinski definition) is 3. The lowest BCUT2D eigenvalue weighted by Crippen LogP contribution is -2.30. The van der Waals surface area contributed by atoms with Crippen molar-refractivity contribution >= 4 is 11.9 Å². The van der Waals surface area contributed by atoms with E-state index in [1.54, 1.807) is 11.0 Å². The van der Waals surface area contributed by atoms with Gasteiger partial charge in [-0.25, -0.2) is 0 Å². The predicted octanol–water partition coefficient (Wildman–Crippen LogP) is 0.512. The Morgan fingerprint density at radius 1 is 1.62 bits per heavy atom. The molecule has 1 rings (SSSR count). The first-order chi connectivity index (χ1) is 7.65. The second-order valence-electron chi connectivity index (χ2n) is 3.77. The molecule has 90 valence electrons. The van der Waals surface area contributed by atoms with E-state index in [4.69, 9.17) is 9.84 Å². The molecule has 0 aliphatic carbocycles. The molecule has 5 nitrogen and oxygen atoms in total. The normalized spacial score (nSPS) is 20.1. The topological polar surface area (TPSA) is 66.8 Å². The van der Waals surface area contributed by atoms with E-state index in [1.165, 1.54) is 0 Å². The van der Waals surface area contributed by atoms with Crippen molar-refractivity contribution < 1.29 is 19.4 Å². The largest absolute Gasteiger partial charge is 0.481 e. The van der Waals surface area contributed by atoms with Crippen LogP contribution in [0.3, 0.4) is 0 Å². The van der Waals surface area contributed by atoms with Gasteiger partial charge in [0, 0.05) is 19.5 Å². The number of likely N-dealkylation sites (tertiary alicyclic amines) is 1. The van der Waals surface area contributed by atoms with Crippen LogP contribution in [0.4, 0.5) is 0 Å². The van der Waals surface area contributed by atoms with Crippen molar-refractivity contribution in [2.24, 2.45) is 5.92 Å². The van der Waals surface area contributed by atoms with Crippen molar-refractivity contribution in [1.82, 2.24) is 4.90 Å². The van der Waals surface area contributed by atoms with Gasteiger partial charge in [0.05, 0.1) is 19.1 Å². The van der Waals surface area contributed by atoms with Gasteiger partial charge in [0.2, 0.25) is 5.91 Å². The Bertz CT molecular complexity index is 277. The van der Waals surface area contributed by atoms with E-state index in [2.05, 4.69) is 6.58 Å². The summed E-state index contributed by atoms with van der Waals surface area (Å²) < 4.78 is 5.27. The quantitative estimate of drug-likeness (QED) is 0.508. The summed E-state index contributed by atoms with van der Waals surface area (Å²) >= 11 is 0. The molecule has 1 amide bonds. The second-order valence-corrected chi connectivity index (χ2v) is 3.77. The third-order valence-electron chi connectivity index (χ3n) is 2.54. The first-order valence-corrected chi connectivity index (χ1v) is 5.34. The molecule has 1 heterocycles. The van der Waals surface area contributed by atoms with Crippen molar-refractivity contribution in [3.8, 4) is 0 Å². The zero-order valence-corrected chi connectivity index (χ0v) is 9.22. The Labute approximate surface area is 94.7 Å². The number of carbonyl (C=O) groups excluding carboxylic acids is 1. The highest BCUT2D eigenvalue weighted by Crippen LogP contribution is 2.17. The average molecular weight is 227 g/mol. The highest BCUT2D eigenvalue weighted by molar-refractivity contribution is 5.86. The van der Waals surface area contributed by atoms with Gasteiger partial charge in [0.25, 0.3) is 0 Å². The van der Waals surface area contributed by atoms with Crippen LogP contribution in [-0.4, -0.2) is 48.2 Å². The molecule has 1 aliphatic rings. The minimum atomic E-state index is -0.900. The molecule has 1 aliphatic heterocycles. The van der Waals surface area contributed by atoms with E-state index in [0.29, 0.717) is 26.3 Å². The number of carboxylic acids is 1. The maximum Gasteiger partial charge on any atom is 0.308 e. The van der Waals surface area contributed by atoms with Gasteiger partial charge in [-0.15, -0.1) is 6.58 Å². The summed E-state index contributed by atoms with van der Waals surface area (Å²) in [5.41, 5.74) is 0. The molecule has 0 aromatic rings. The summed E-state index contributed by atoms with van der Waals surface area (Å²) in [4.78, 5) is 23.6. The molecule has 1 fully saturated rings. The van der Waals surface area contributed by atoms with Gasteiger partial charge in [0.1, 0.15) is 0 Å². The predicted molar refractivity (Wildman–Crippen MR) is 58.0 cm³/mol. The Morgan fingerprint density at radius 2 is 2.38 bits per heavy atom. The van der Waals surface area contributed by atoms with E-state index < -0.39 is 11.9 Å². The van der Waals surface area contributed by atoms with E-state index in [1.807, 2.05) is 0 Å². The SMILES string of the molecule is C=CCCOCCN1CC(C(=O)O)CC1=O. The molecule has 0 bridgehead atoms. The van der Waals surface area contributed by atoms with Gasteiger partial charge >= 0.3 is 5.97 Å². The van der Waals surface area contributed by atoms with Gasteiger partial charge in [-0.1, -0.05) is 6.08 Å².